The molecule has 6 heterocycles. The molecular weight excluding hydrogens is 1280 g/mol. The van der Waals surface area contributed by atoms with Crippen molar-refractivity contribution in [3.63, 3.8) is 0 Å². The van der Waals surface area contributed by atoms with Crippen molar-refractivity contribution < 1.29 is 134 Å². The van der Waals surface area contributed by atoms with Crippen LogP contribution in [0.2, 0.25) is 0 Å². The minimum Gasteiger partial charge on any atom is -0.463 e. The van der Waals surface area contributed by atoms with Gasteiger partial charge in [-0.2, -0.15) is 0 Å². The van der Waals surface area contributed by atoms with Crippen molar-refractivity contribution in [2.45, 2.75) is 234 Å². The Hall–Kier alpha value is -7.55. The second-order valence-electron chi connectivity index (χ2n) is 25.2. The number of esters is 6. The second-order valence-corrected chi connectivity index (χ2v) is 25.2. The minimum absolute atomic E-state index is 0.00351. The predicted octanol–water partition coefficient (Wildman–Crippen LogP) is 3.84. The molecule has 6 aliphatic heterocycles. The molecule has 0 spiro atoms. The fourth-order valence-corrected chi connectivity index (χ4v) is 11.7. The molecule has 97 heavy (non-hydrogen) atoms. The Morgan fingerprint density at radius 1 is 0.371 bits per heavy atom. The van der Waals surface area contributed by atoms with Gasteiger partial charge >= 0.3 is 53.7 Å². The third kappa shape index (κ3) is 27.0. The molecule has 546 valence electrons. The van der Waals surface area contributed by atoms with Gasteiger partial charge in [-0.3, -0.25) is 57.5 Å². The summed E-state index contributed by atoms with van der Waals surface area (Å²) in [5.41, 5.74) is 0. The minimum atomic E-state index is -0.727. The van der Waals surface area contributed by atoms with Gasteiger partial charge in [0.1, 0.15) is 56.4 Å². The zero-order valence-electron chi connectivity index (χ0n) is 57.9. The number of hydrogen-bond acceptors (Lipinski definition) is 29. The molecule has 0 aromatic carbocycles. The summed E-state index contributed by atoms with van der Waals surface area (Å²) in [6, 6.07) is 0. The molecular formula is C65H98N4O28. The second kappa shape index (κ2) is 40.4. The molecule has 0 aromatic heterocycles. The molecule has 6 saturated heterocycles. The van der Waals surface area contributed by atoms with Gasteiger partial charge in [0, 0.05) is 124 Å². The molecule has 0 aliphatic carbocycles. The molecule has 0 aromatic rings. The number of carbonyl (C=O) groups is 15. The highest BCUT2D eigenvalue weighted by Gasteiger charge is 2.47. The quantitative estimate of drug-likeness (QED) is 0.0426. The van der Waals surface area contributed by atoms with Crippen LogP contribution in [0.4, 0.5) is 0 Å². The van der Waals surface area contributed by atoms with Crippen molar-refractivity contribution in [2.75, 3.05) is 53.2 Å². The fourth-order valence-electron chi connectivity index (χ4n) is 11.7. The summed E-state index contributed by atoms with van der Waals surface area (Å²) in [6.07, 6.45) is 0.555. The molecule has 6 unspecified atom stereocenters. The highest BCUT2D eigenvalue weighted by Crippen LogP contribution is 2.38. The van der Waals surface area contributed by atoms with E-state index < -0.39 is 126 Å². The first-order valence-corrected chi connectivity index (χ1v) is 33.0. The van der Waals surface area contributed by atoms with E-state index in [1.807, 2.05) is 53.5 Å². The number of unbranched alkanes of at least 4 members (excludes halogenated alkanes) is 2. The molecule has 32 heteroatoms. The van der Waals surface area contributed by atoms with Gasteiger partial charge in [0.2, 0.25) is 0 Å². The lowest BCUT2D eigenvalue weighted by molar-refractivity contribution is -0.208. The zero-order chi connectivity index (χ0) is 72.4. The van der Waals surface area contributed by atoms with E-state index in [9.17, 15) is 71.9 Å². The molecule has 0 radical (unpaired) electrons. The zero-order valence-corrected chi connectivity index (χ0v) is 57.9. The SMILES string of the molecule is CC(=O)OCC1O[C@@H](CCCCCC(=O)ON2C(=O)CCC2=O)C(C)[C@@H](C)[C@H]1OC(C)=O.CC(=O)OCC1O[C@@H](CCN(C)CCC(=O)ON2C(=O)CCC2=O)C(C)[C@@H](C)[C@H]1OC(C)=O.CC(=O)OCC1O[C@@H](CCOCCC(=O)ON2C(=O)CCC2=O)C(C)[C@@H](C)[C@H]1OC(C)=O. The summed E-state index contributed by atoms with van der Waals surface area (Å²) < 4.78 is 55.5. The number of nitrogens with zero attached hydrogens (tertiary/aromatic N) is 4. The highest BCUT2D eigenvalue weighted by molar-refractivity contribution is 6.03. The summed E-state index contributed by atoms with van der Waals surface area (Å²) >= 11 is 0. The third-order valence-corrected chi connectivity index (χ3v) is 17.7. The van der Waals surface area contributed by atoms with Crippen LogP contribution in [0.5, 0.6) is 0 Å². The van der Waals surface area contributed by atoms with Gasteiger partial charge < -0.3 is 66.8 Å². The standard InChI is InChI=1S/C22H34N2O9.C22H33NO9.C21H31NO10/c1-13-14(2)22(31-16(4)26)18(12-30-15(3)25)32-17(13)8-10-23(5)11-9-21(29)33-24-19(27)6-7-20(24)28;1-13-14(2)22(30-16(4)25)18(12-29-15(3)24)31-17(13)8-6-5-7-9-21(28)32-23-19(26)10-11-20(23)27;1-12-13(2)21(30-15(4)24)17(11-29-14(3)23)31-16(12)7-9-28-10-8-20(27)32-22-18(25)5-6-19(22)26/h13-14,17-18,22H,6-12H2,1-5H3;13-14,17-18,22H,5-12H2,1-4H3;12-13,16-17,21H,5-11H2,1-4H3/t2*13?,14-,17+,18?,22-;12?,13-,16+,17?,21-/m111/s1. The van der Waals surface area contributed by atoms with Crippen molar-refractivity contribution in [3.05, 3.63) is 0 Å². The van der Waals surface area contributed by atoms with E-state index in [0.29, 0.717) is 47.5 Å². The summed E-state index contributed by atoms with van der Waals surface area (Å²) in [5.74, 6) is -7.41. The van der Waals surface area contributed by atoms with E-state index in [4.69, 9.17) is 61.9 Å². The van der Waals surface area contributed by atoms with Crippen molar-refractivity contribution >= 4 is 89.2 Å². The largest absolute Gasteiger partial charge is 0.463 e. The maximum absolute atomic E-state index is 12.0. The average Bonchev–Trinajstić information content (AvgIpc) is 1.81. The van der Waals surface area contributed by atoms with Gasteiger partial charge in [-0.05, 0) is 50.5 Å². The maximum atomic E-state index is 12.0. The third-order valence-electron chi connectivity index (χ3n) is 17.7. The summed E-state index contributed by atoms with van der Waals surface area (Å²) in [7, 11) is 1.84. The highest BCUT2D eigenvalue weighted by atomic mass is 16.7. The van der Waals surface area contributed by atoms with E-state index in [2.05, 4.69) is 0 Å². The smallest absolute Gasteiger partial charge is 0.335 e. The monoisotopic (exact) mass is 1380 g/mol. The Kier molecular flexibility index (Phi) is 34.1. The van der Waals surface area contributed by atoms with E-state index in [1.54, 1.807) is 0 Å². The van der Waals surface area contributed by atoms with Crippen LogP contribution >= 0.6 is 0 Å². The van der Waals surface area contributed by atoms with Crippen LogP contribution in [0.25, 0.3) is 0 Å². The summed E-state index contributed by atoms with van der Waals surface area (Å²) in [6.45, 7) is 21.2. The van der Waals surface area contributed by atoms with Crippen LogP contribution < -0.4 is 0 Å². The van der Waals surface area contributed by atoms with Crippen LogP contribution in [0, 0.1) is 35.5 Å². The molecule has 32 nitrogen and oxygen atoms in total. The molecule has 0 N–H and O–H groups in total. The van der Waals surface area contributed by atoms with E-state index in [-0.39, 0.29) is 145 Å². The lowest BCUT2D eigenvalue weighted by Crippen LogP contribution is -2.53. The van der Waals surface area contributed by atoms with Gasteiger partial charge in [0.25, 0.3) is 35.4 Å². The number of hydrogen-bond donors (Lipinski definition) is 0. The molecule has 6 amide bonds. The van der Waals surface area contributed by atoms with Crippen molar-refractivity contribution in [1.82, 2.24) is 20.1 Å². The van der Waals surface area contributed by atoms with Crippen LogP contribution in [-0.4, -0.2) is 217 Å². The fraction of sp³-hybridized carbons (Fsp3) is 0.769. The van der Waals surface area contributed by atoms with Gasteiger partial charge in [0.05, 0.1) is 37.8 Å². The van der Waals surface area contributed by atoms with Crippen molar-refractivity contribution in [3.8, 4) is 0 Å². The lowest BCUT2D eigenvalue weighted by Gasteiger charge is -2.44. The number of rotatable bonds is 30. The Labute approximate surface area is 564 Å². The number of hydroxylamine groups is 6. The van der Waals surface area contributed by atoms with Crippen LogP contribution in [0.1, 0.15) is 179 Å². The Bertz CT molecular complexity index is 2610. The molecule has 6 rings (SSSR count). The molecule has 0 saturated carbocycles. The van der Waals surface area contributed by atoms with Gasteiger partial charge in [-0.25, -0.2) is 14.4 Å². The van der Waals surface area contributed by atoms with Crippen LogP contribution in [-0.2, 0) is 134 Å². The van der Waals surface area contributed by atoms with Gasteiger partial charge in [-0.1, -0.05) is 54.4 Å². The van der Waals surface area contributed by atoms with Crippen molar-refractivity contribution in [2.24, 2.45) is 35.5 Å². The summed E-state index contributed by atoms with van der Waals surface area (Å²) in [4.78, 5) is 189. The normalized spacial score (nSPS) is 27.8. The molecule has 15 atom stereocenters. The number of carbonyl (C=O) groups excluding carboxylic acids is 15. The Morgan fingerprint density at radius 2 is 0.691 bits per heavy atom. The predicted molar refractivity (Wildman–Crippen MR) is 329 cm³/mol. The van der Waals surface area contributed by atoms with E-state index in [1.165, 1.54) is 41.5 Å². The van der Waals surface area contributed by atoms with Gasteiger partial charge in [-0.15, -0.1) is 15.2 Å². The first kappa shape index (κ1) is 81.9. The molecule has 0 bridgehead atoms. The van der Waals surface area contributed by atoms with E-state index in [0.717, 1.165) is 19.3 Å². The number of ether oxygens (including phenoxy) is 10. The summed E-state index contributed by atoms with van der Waals surface area (Å²) in [5, 5.41) is 1.61. The number of amides is 6. The van der Waals surface area contributed by atoms with Crippen molar-refractivity contribution in [1.29, 1.82) is 0 Å². The number of imide groups is 3. The molecule has 6 fully saturated rings. The van der Waals surface area contributed by atoms with Crippen LogP contribution in [0.15, 0.2) is 0 Å². The van der Waals surface area contributed by atoms with Crippen LogP contribution in [0.3, 0.4) is 0 Å². The Morgan fingerprint density at radius 3 is 1.03 bits per heavy atom. The first-order valence-electron chi connectivity index (χ1n) is 33.0. The maximum Gasteiger partial charge on any atom is 0.335 e. The van der Waals surface area contributed by atoms with E-state index >= 15 is 0 Å². The topological polar surface area (TPSA) is 389 Å². The van der Waals surface area contributed by atoms with Gasteiger partial charge in [0.15, 0.2) is 0 Å². The first-order chi connectivity index (χ1) is 45.7. The Balaban J connectivity index is 0.000000309. The lowest BCUT2D eigenvalue weighted by atomic mass is 9.79. The average molecular weight is 1380 g/mol. The molecule has 6 aliphatic rings.